The van der Waals surface area contributed by atoms with Crippen LogP contribution in [0.25, 0.3) is 0 Å². The lowest BCUT2D eigenvalue weighted by Crippen LogP contribution is -2.47. The molecule has 1 heterocycles. The molecule has 1 saturated heterocycles. The minimum Gasteiger partial charge on any atom is -0.493 e. The van der Waals surface area contributed by atoms with Crippen LogP contribution in [0.5, 0.6) is 5.75 Å². The third-order valence-corrected chi connectivity index (χ3v) is 9.56. The normalized spacial score (nSPS) is 17.1. The first-order chi connectivity index (χ1) is 18.8. The van der Waals surface area contributed by atoms with Gasteiger partial charge in [-0.2, -0.15) is 26.0 Å². The quantitative estimate of drug-likeness (QED) is 0.159. The molecule has 40 heavy (non-hydrogen) atoms. The van der Waals surface area contributed by atoms with Crippen molar-refractivity contribution in [1.82, 2.24) is 0 Å². The molecule has 4 rings (SSSR count). The number of alkyl halides is 4. The molecular weight excluding hydrogens is 572 g/mol. The van der Waals surface area contributed by atoms with Gasteiger partial charge in [0.2, 0.25) is 0 Å². The lowest BCUT2D eigenvalue weighted by Gasteiger charge is -2.28. The Bertz CT molecular complexity index is 1360. The second kappa shape index (κ2) is 12.1. The SMILES string of the molecule is CC1(c2ccc([S+](c3ccccc3)c3ccc(OCCC(F)(F)C(F)(F)S(=O)(=O)O)cc3)cc2)OCCCCO1. The molecule has 12 heteroatoms. The maximum atomic E-state index is 13.8. The van der Waals surface area contributed by atoms with Gasteiger partial charge in [0, 0.05) is 5.56 Å². The molecule has 1 atom stereocenters. The lowest BCUT2D eigenvalue weighted by atomic mass is 10.1. The Balaban J connectivity index is 1.52. The highest BCUT2D eigenvalue weighted by Crippen LogP contribution is 2.41. The van der Waals surface area contributed by atoms with E-state index < -0.39 is 51.0 Å². The molecule has 3 aromatic carbocycles. The van der Waals surface area contributed by atoms with Gasteiger partial charge in [-0.15, -0.1) is 0 Å². The van der Waals surface area contributed by atoms with Crippen LogP contribution in [0.2, 0.25) is 0 Å². The van der Waals surface area contributed by atoms with Gasteiger partial charge >= 0.3 is 21.3 Å². The first-order valence-corrected chi connectivity index (χ1v) is 15.1. The number of halogens is 4. The summed E-state index contributed by atoms with van der Waals surface area (Å²) < 4.78 is 101. The summed E-state index contributed by atoms with van der Waals surface area (Å²) in [7, 11) is -6.83. The largest absolute Gasteiger partial charge is 0.493 e. The van der Waals surface area contributed by atoms with E-state index in [1.54, 1.807) is 12.1 Å². The minimum atomic E-state index is -6.29. The van der Waals surface area contributed by atoms with Crippen LogP contribution in [-0.4, -0.2) is 44.0 Å². The predicted octanol–water partition coefficient (Wildman–Crippen LogP) is 6.67. The van der Waals surface area contributed by atoms with E-state index >= 15 is 0 Å². The van der Waals surface area contributed by atoms with Crippen molar-refractivity contribution in [2.45, 2.75) is 57.8 Å². The van der Waals surface area contributed by atoms with Gasteiger partial charge in [0.05, 0.1) is 37.1 Å². The van der Waals surface area contributed by atoms with Gasteiger partial charge in [0.15, 0.2) is 20.5 Å². The first-order valence-electron chi connectivity index (χ1n) is 12.5. The lowest BCUT2D eigenvalue weighted by molar-refractivity contribution is -0.221. The van der Waals surface area contributed by atoms with Crippen molar-refractivity contribution < 1.29 is 44.7 Å². The fraction of sp³-hybridized carbons (Fsp3) is 0.357. The molecule has 1 unspecified atom stereocenters. The highest BCUT2D eigenvalue weighted by molar-refractivity contribution is 7.97. The molecule has 0 amide bonds. The topological polar surface area (TPSA) is 82.1 Å². The summed E-state index contributed by atoms with van der Waals surface area (Å²) in [4.78, 5) is 2.93. The molecule has 1 N–H and O–H groups in total. The van der Waals surface area contributed by atoms with Crippen LogP contribution >= 0.6 is 0 Å². The van der Waals surface area contributed by atoms with E-state index in [0.717, 1.165) is 33.1 Å². The van der Waals surface area contributed by atoms with Gasteiger partial charge in [0.25, 0.3) is 0 Å². The van der Waals surface area contributed by atoms with Crippen LogP contribution < -0.4 is 4.74 Å². The van der Waals surface area contributed by atoms with Gasteiger partial charge < -0.3 is 14.2 Å². The van der Waals surface area contributed by atoms with E-state index in [1.165, 1.54) is 12.1 Å². The third kappa shape index (κ3) is 6.63. The zero-order chi connectivity index (χ0) is 29.0. The molecule has 0 radical (unpaired) electrons. The van der Waals surface area contributed by atoms with Crippen molar-refractivity contribution in [3.8, 4) is 5.75 Å². The summed E-state index contributed by atoms with van der Waals surface area (Å²) in [6, 6.07) is 24.3. The van der Waals surface area contributed by atoms with Crippen LogP contribution in [0, 0.1) is 0 Å². The van der Waals surface area contributed by atoms with Crippen molar-refractivity contribution in [2.75, 3.05) is 19.8 Å². The zero-order valence-electron chi connectivity index (χ0n) is 21.6. The molecule has 0 bridgehead atoms. The average molecular weight is 602 g/mol. The fourth-order valence-corrected chi connectivity index (χ4v) is 6.65. The number of hydrogen-bond acceptors (Lipinski definition) is 5. The summed E-state index contributed by atoms with van der Waals surface area (Å²) in [6.07, 6.45) is 0.253. The number of ether oxygens (including phenoxy) is 3. The average Bonchev–Trinajstić information content (AvgIpc) is 3.15. The smallest absolute Gasteiger partial charge is 0.431 e. The molecular formula is C28H29F4O6S2+. The molecule has 0 aliphatic carbocycles. The van der Waals surface area contributed by atoms with Gasteiger partial charge in [-0.05, 0) is 80.4 Å². The summed E-state index contributed by atoms with van der Waals surface area (Å²) in [5, 5.41) is -5.63. The van der Waals surface area contributed by atoms with Crippen LogP contribution in [0.15, 0.2) is 93.5 Å². The minimum absolute atomic E-state index is 0.136. The van der Waals surface area contributed by atoms with E-state index in [0.29, 0.717) is 13.2 Å². The van der Waals surface area contributed by atoms with E-state index in [1.807, 2.05) is 61.5 Å². The second-order valence-electron chi connectivity index (χ2n) is 9.26. The Morgan fingerprint density at radius 1 is 0.850 bits per heavy atom. The standard InChI is InChI=1S/C28H28F4O6S2/c1-26(37-18-5-6-19-38-26)21-9-13-24(14-10-21)39(23-7-3-2-4-8-23)25-15-11-22(12-16-25)36-20-17-27(29,30)28(31,32)40(33,34)35/h2-4,7-16H,5-6,17-20H2,1H3/p+1. The van der Waals surface area contributed by atoms with Gasteiger partial charge in [0.1, 0.15) is 5.75 Å². The zero-order valence-corrected chi connectivity index (χ0v) is 23.2. The van der Waals surface area contributed by atoms with Crippen LogP contribution in [0.3, 0.4) is 0 Å². The van der Waals surface area contributed by atoms with Crippen molar-refractivity contribution in [3.63, 3.8) is 0 Å². The summed E-state index contributed by atoms with van der Waals surface area (Å²) >= 11 is 0. The molecule has 3 aromatic rings. The maximum Gasteiger partial charge on any atom is 0.431 e. The molecule has 0 aromatic heterocycles. The number of benzene rings is 3. The van der Waals surface area contributed by atoms with Crippen molar-refractivity contribution in [3.05, 3.63) is 84.4 Å². The van der Waals surface area contributed by atoms with Crippen LogP contribution in [0.4, 0.5) is 17.6 Å². The summed E-state index contributed by atoms with van der Waals surface area (Å²) in [6.45, 7) is 2.23. The maximum absolute atomic E-state index is 13.8. The summed E-state index contributed by atoms with van der Waals surface area (Å²) in [5.74, 6) is -5.71. The van der Waals surface area contributed by atoms with Crippen molar-refractivity contribution >= 4 is 21.0 Å². The van der Waals surface area contributed by atoms with Crippen molar-refractivity contribution in [2.24, 2.45) is 0 Å². The molecule has 1 fully saturated rings. The third-order valence-electron chi connectivity index (χ3n) is 6.38. The highest BCUT2D eigenvalue weighted by Gasteiger charge is 2.65. The molecule has 0 saturated carbocycles. The van der Waals surface area contributed by atoms with Crippen LogP contribution in [0.1, 0.15) is 31.7 Å². The highest BCUT2D eigenvalue weighted by atomic mass is 32.2. The molecule has 216 valence electrons. The Morgan fingerprint density at radius 3 is 1.88 bits per heavy atom. The summed E-state index contributed by atoms with van der Waals surface area (Å²) in [5.41, 5.74) is 0.898. The van der Waals surface area contributed by atoms with E-state index in [2.05, 4.69) is 0 Å². The Hall–Kier alpha value is -2.64. The van der Waals surface area contributed by atoms with E-state index in [9.17, 15) is 26.0 Å². The monoisotopic (exact) mass is 601 g/mol. The van der Waals surface area contributed by atoms with E-state index in [4.69, 9.17) is 18.8 Å². The number of hydrogen-bond donors (Lipinski definition) is 1. The first kappa shape index (κ1) is 30.3. The van der Waals surface area contributed by atoms with Crippen LogP contribution in [-0.2, 0) is 36.3 Å². The fourth-order valence-electron chi connectivity index (χ4n) is 4.11. The second-order valence-corrected chi connectivity index (χ2v) is 12.7. The Labute approximate surface area is 233 Å². The van der Waals surface area contributed by atoms with Gasteiger partial charge in [-0.1, -0.05) is 18.2 Å². The Morgan fingerprint density at radius 2 is 1.35 bits per heavy atom. The number of rotatable bonds is 10. The Kier molecular flexibility index (Phi) is 9.15. The van der Waals surface area contributed by atoms with E-state index in [-0.39, 0.29) is 5.75 Å². The van der Waals surface area contributed by atoms with Crippen molar-refractivity contribution in [1.29, 1.82) is 0 Å². The predicted molar refractivity (Wildman–Crippen MR) is 142 cm³/mol. The van der Waals surface area contributed by atoms with Gasteiger partial charge in [-0.3, -0.25) is 4.55 Å². The molecule has 6 nitrogen and oxygen atoms in total. The molecule has 1 aliphatic heterocycles. The molecule has 0 spiro atoms. The van der Waals surface area contributed by atoms with Gasteiger partial charge in [-0.25, -0.2) is 0 Å². The molecule has 1 aliphatic rings.